The van der Waals surface area contributed by atoms with Gasteiger partial charge < -0.3 is 10.2 Å². The minimum absolute atomic E-state index is 0.0211. The van der Waals surface area contributed by atoms with E-state index in [-0.39, 0.29) is 11.1 Å². The zero-order valence-electron chi connectivity index (χ0n) is 17.3. The Labute approximate surface area is 187 Å². The molecule has 0 saturated heterocycles. The second-order valence-corrected chi connectivity index (χ2v) is 11.0. The molecule has 32 heavy (non-hydrogen) atoms. The standard InChI is InChI=1S/C27H21O4P/c28-26(29)21-16-20(17-22(18-21)27(30)31)19-32(23-10-4-1-5-11-23,24-12-6-2-7-13-24)25-14-8-3-9-15-25/h1-18H,19H2,(H-,28,29,30,31)/p+1. The van der Waals surface area contributed by atoms with Gasteiger partial charge in [-0.15, -0.1) is 0 Å². The molecule has 4 aromatic carbocycles. The van der Waals surface area contributed by atoms with Gasteiger partial charge >= 0.3 is 11.9 Å². The van der Waals surface area contributed by atoms with E-state index in [0.29, 0.717) is 11.7 Å². The van der Waals surface area contributed by atoms with Crippen molar-refractivity contribution in [3.8, 4) is 0 Å². The first-order valence-electron chi connectivity index (χ1n) is 10.2. The lowest BCUT2D eigenvalue weighted by atomic mass is 10.1. The summed E-state index contributed by atoms with van der Waals surface area (Å²) in [7, 11) is -2.26. The lowest BCUT2D eigenvalue weighted by molar-refractivity contribution is 0.0696. The van der Waals surface area contributed by atoms with E-state index < -0.39 is 19.2 Å². The van der Waals surface area contributed by atoms with Crippen molar-refractivity contribution in [1.29, 1.82) is 0 Å². The molecule has 2 N–H and O–H groups in total. The maximum Gasteiger partial charge on any atom is 0.335 e. The molecule has 0 saturated carbocycles. The normalized spacial score (nSPS) is 11.1. The Hall–Kier alpha value is -3.75. The van der Waals surface area contributed by atoms with E-state index >= 15 is 0 Å². The first-order valence-corrected chi connectivity index (χ1v) is 12.1. The van der Waals surface area contributed by atoms with Crippen LogP contribution in [0.25, 0.3) is 0 Å². The molecule has 5 heteroatoms. The zero-order chi connectivity index (χ0) is 22.6. The van der Waals surface area contributed by atoms with Gasteiger partial charge in [0.05, 0.1) is 17.3 Å². The molecule has 0 bridgehead atoms. The minimum Gasteiger partial charge on any atom is -0.478 e. The van der Waals surface area contributed by atoms with Crippen molar-refractivity contribution in [3.05, 3.63) is 126 Å². The molecular weight excluding hydrogens is 419 g/mol. The van der Waals surface area contributed by atoms with Crippen molar-refractivity contribution in [2.45, 2.75) is 6.16 Å². The summed E-state index contributed by atoms with van der Waals surface area (Å²) in [5.41, 5.74) is 0.645. The maximum atomic E-state index is 11.7. The van der Waals surface area contributed by atoms with E-state index in [9.17, 15) is 19.8 Å². The van der Waals surface area contributed by atoms with E-state index in [1.54, 1.807) is 12.1 Å². The third kappa shape index (κ3) is 4.18. The quantitative estimate of drug-likeness (QED) is 0.412. The predicted molar refractivity (Wildman–Crippen MR) is 129 cm³/mol. The summed E-state index contributed by atoms with van der Waals surface area (Å²) in [6, 6.07) is 35.0. The van der Waals surface area contributed by atoms with Crippen molar-refractivity contribution in [1.82, 2.24) is 0 Å². The van der Waals surface area contributed by atoms with Crippen LogP contribution >= 0.6 is 7.26 Å². The molecule has 0 aromatic heterocycles. The molecule has 0 atom stereocenters. The summed E-state index contributed by atoms with van der Waals surface area (Å²) in [6.45, 7) is 0. The van der Waals surface area contributed by atoms with Crippen LogP contribution in [-0.2, 0) is 6.16 Å². The monoisotopic (exact) mass is 441 g/mol. The van der Waals surface area contributed by atoms with Crippen molar-refractivity contribution in [3.63, 3.8) is 0 Å². The van der Waals surface area contributed by atoms with Gasteiger partial charge in [-0.1, -0.05) is 54.6 Å². The van der Waals surface area contributed by atoms with Crippen LogP contribution in [-0.4, -0.2) is 22.2 Å². The number of benzene rings is 4. The van der Waals surface area contributed by atoms with Crippen molar-refractivity contribution < 1.29 is 19.8 Å². The predicted octanol–water partition coefficient (Wildman–Crippen LogP) is 4.58. The van der Waals surface area contributed by atoms with Crippen LogP contribution in [0.3, 0.4) is 0 Å². The topological polar surface area (TPSA) is 74.6 Å². The molecule has 0 amide bonds. The average molecular weight is 441 g/mol. The molecule has 4 nitrogen and oxygen atoms in total. The molecule has 0 aliphatic heterocycles. The number of aromatic carboxylic acids is 2. The first kappa shape index (κ1) is 21.5. The molecule has 0 spiro atoms. The Morgan fingerprint density at radius 2 is 0.906 bits per heavy atom. The second kappa shape index (κ2) is 9.17. The van der Waals surface area contributed by atoms with Crippen LogP contribution in [0.2, 0.25) is 0 Å². The van der Waals surface area contributed by atoms with Crippen LogP contribution < -0.4 is 15.9 Å². The van der Waals surface area contributed by atoms with Gasteiger partial charge in [-0.3, -0.25) is 0 Å². The number of carbonyl (C=O) groups is 2. The molecule has 4 rings (SSSR count). The van der Waals surface area contributed by atoms with Gasteiger partial charge in [-0.2, -0.15) is 0 Å². The highest BCUT2D eigenvalue weighted by atomic mass is 31.2. The summed E-state index contributed by atoms with van der Waals surface area (Å²) in [5, 5.41) is 22.6. The summed E-state index contributed by atoms with van der Waals surface area (Å²) >= 11 is 0. The van der Waals surface area contributed by atoms with E-state index in [1.807, 2.05) is 54.6 Å². The highest BCUT2D eigenvalue weighted by molar-refractivity contribution is 7.95. The average Bonchev–Trinajstić information content (AvgIpc) is 2.84. The fraction of sp³-hybridized carbons (Fsp3) is 0.0370. The van der Waals surface area contributed by atoms with Gasteiger partial charge in [-0.25, -0.2) is 9.59 Å². The van der Waals surface area contributed by atoms with Crippen LogP contribution in [0.15, 0.2) is 109 Å². The number of carboxylic acid groups (broad SMARTS) is 2. The van der Waals surface area contributed by atoms with E-state index in [4.69, 9.17) is 0 Å². The Bertz CT molecular complexity index is 1110. The number of hydrogen-bond donors (Lipinski definition) is 2. The Kier molecular flexibility index (Phi) is 6.16. The second-order valence-electron chi connectivity index (χ2n) is 7.50. The molecule has 0 radical (unpaired) electrons. The van der Waals surface area contributed by atoms with E-state index in [1.165, 1.54) is 6.07 Å². The smallest absolute Gasteiger partial charge is 0.335 e. The maximum absolute atomic E-state index is 11.7. The van der Waals surface area contributed by atoms with Crippen molar-refractivity contribution in [2.24, 2.45) is 0 Å². The third-order valence-corrected chi connectivity index (χ3v) is 9.88. The highest BCUT2D eigenvalue weighted by Gasteiger charge is 2.45. The Morgan fingerprint density at radius 1 is 0.562 bits per heavy atom. The fourth-order valence-electron chi connectivity index (χ4n) is 4.07. The molecule has 4 aromatic rings. The molecule has 0 heterocycles. The molecule has 0 aliphatic rings. The summed E-state index contributed by atoms with van der Waals surface area (Å²) in [5.74, 6) is -2.28. The number of hydrogen-bond acceptors (Lipinski definition) is 2. The highest BCUT2D eigenvalue weighted by Crippen LogP contribution is 2.58. The first-order chi connectivity index (χ1) is 15.5. The minimum atomic E-state index is -2.26. The SMILES string of the molecule is O=C(O)c1cc(C[P+](c2ccccc2)(c2ccccc2)c2ccccc2)cc(C(=O)O)c1. The van der Waals surface area contributed by atoms with Gasteiger partial charge in [0.1, 0.15) is 23.2 Å². The Morgan fingerprint density at radius 3 is 1.22 bits per heavy atom. The molecule has 0 aliphatic carbocycles. The van der Waals surface area contributed by atoms with E-state index in [0.717, 1.165) is 15.9 Å². The molecular formula is C27H22O4P+. The van der Waals surface area contributed by atoms with Crippen LogP contribution in [0.1, 0.15) is 26.3 Å². The molecule has 0 unspecified atom stereocenters. The third-order valence-electron chi connectivity index (χ3n) is 5.50. The lowest BCUT2D eigenvalue weighted by Gasteiger charge is -2.28. The van der Waals surface area contributed by atoms with Gasteiger partial charge in [0.2, 0.25) is 0 Å². The van der Waals surface area contributed by atoms with Gasteiger partial charge in [0.25, 0.3) is 0 Å². The van der Waals surface area contributed by atoms with Gasteiger partial charge in [0.15, 0.2) is 0 Å². The van der Waals surface area contributed by atoms with Crippen molar-refractivity contribution >= 4 is 35.1 Å². The summed E-state index contributed by atoms with van der Waals surface area (Å²) < 4.78 is 0. The number of carboxylic acids is 2. The molecule has 0 fully saturated rings. The van der Waals surface area contributed by atoms with Crippen LogP contribution in [0.5, 0.6) is 0 Å². The van der Waals surface area contributed by atoms with E-state index in [2.05, 4.69) is 36.4 Å². The van der Waals surface area contributed by atoms with Gasteiger partial charge in [-0.05, 0) is 60.2 Å². The summed E-state index contributed by atoms with van der Waals surface area (Å²) in [4.78, 5) is 23.4. The Balaban J connectivity index is 2.01. The molecule has 158 valence electrons. The zero-order valence-corrected chi connectivity index (χ0v) is 18.2. The van der Waals surface area contributed by atoms with Crippen LogP contribution in [0, 0.1) is 0 Å². The number of rotatable bonds is 7. The lowest BCUT2D eigenvalue weighted by Crippen LogP contribution is -2.32. The largest absolute Gasteiger partial charge is 0.478 e. The summed E-state index contributed by atoms with van der Waals surface area (Å²) in [6.07, 6.45) is 0.506. The van der Waals surface area contributed by atoms with Gasteiger partial charge in [0, 0.05) is 0 Å². The fourth-order valence-corrected chi connectivity index (χ4v) is 8.29. The van der Waals surface area contributed by atoms with Crippen LogP contribution in [0.4, 0.5) is 0 Å². The van der Waals surface area contributed by atoms with Crippen molar-refractivity contribution in [2.75, 3.05) is 0 Å².